The van der Waals surface area contributed by atoms with Gasteiger partial charge in [0.15, 0.2) is 11.6 Å². The van der Waals surface area contributed by atoms with Crippen molar-refractivity contribution in [3.8, 4) is 0 Å². The second-order valence-electron chi connectivity index (χ2n) is 4.37. The number of nitrogens with one attached hydrogen (secondary N) is 1. The van der Waals surface area contributed by atoms with Crippen molar-refractivity contribution in [2.24, 2.45) is 5.73 Å². The fourth-order valence-electron chi connectivity index (χ4n) is 1.78. The molecule has 0 spiro atoms. The molecular weight excluding hydrogens is 318 g/mol. The summed E-state index contributed by atoms with van der Waals surface area (Å²) in [6.45, 7) is 3.52. The Hall–Kier alpha value is -1.86. The van der Waals surface area contributed by atoms with Crippen LogP contribution in [0, 0.1) is 25.5 Å². The zero-order chi connectivity index (χ0) is 15.7. The third-order valence-electron chi connectivity index (χ3n) is 2.95. The number of hydrogen-bond acceptors (Lipinski definition) is 4. The summed E-state index contributed by atoms with van der Waals surface area (Å²) in [6.07, 6.45) is 0. The van der Waals surface area contributed by atoms with Gasteiger partial charge in [-0.25, -0.2) is 8.78 Å². The molecule has 0 radical (unpaired) electrons. The van der Waals surface area contributed by atoms with Gasteiger partial charge in [0.2, 0.25) is 0 Å². The fourth-order valence-corrected chi connectivity index (χ4v) is 2.27. The SMILES string of the molecule is Cc1nnc(Nc2c(F)cc(F)cc2Cl)c(C(N)=S)c1C. The molecule has 4 nitrogen and oxygen atoms in total. The van der Waals surface area contributed by atoms with Crippen molar-refractivity contribution < 1.29 is 8.78 Å². The molecule has 0 saturated carbocycles. The van der Waals surface area contributed by atoms with Crippen LogP contribution >= 0.6 is 23.8 Å². The van der Waals surface area contributed by atoms with Gasteiger partial charge in [-0.2, -0.15) is 5.10 Å². The lowest BCUT2D eigenvalue weighted by molar-refractivity contribution is 0.586. The highest BCUT2D eigenvalue weighted by atomic mass is 35.5. The Balaban J connectivity index is 2.55. The van der Waals surface area contributed by atoms with E-state index in [1.165, 1.54) is 0 Å². The average molecular weight is 329 g/mol. The van der Waals surface area contributed by atoms with Crippen molar-refractivity contribution >= 4 is 40.3 Å². The first-order valence-corrected chi connectivity index (χ1v) is 6.65. The largest absolute Gasteiger partial charge is 0.389 e. The lowest BCUT2D eigenvalue weighted by Crippen LogP contribution is -2.17. The Morgan fingerprint density at radius 3 is 2.52 bits per heavy atom. The van der Waals surface area contributed by atoms with Gasteiger partial charge in [0.25, 0.3) is 0 Å². The molecule has 1 heterocycles. The van der Waals surface area contributed by atoms with Gasteiger partial charge >= 0.3 is 0 Å². The molecule has 1 aromatic carbocycles. The summed E-state index contributed by atoms with van der Waals surface area (Å²) >= 11 is 10.8. The van der Waals surface area contributed by atoms with E-state index in [4.69, 9.17) is 29.6 Å². The molecule has 0 aliphatic heterocycles. The van der Waals surface area contributed by atoms with Crippen LogP contribution in [0.2, 0.25) is 5.02 Å². The van der Waals surface area contributed by atoms with Crippen molar-refractivity contribution in [1.29, 1.82) is 0 Å². The molecule has 8 heteroatoms. The van der Waals surface area contributed by atoms with Gasteiger partial charge in [-0.05, 0) is 25.5 Å². The molecule has 0 atom stereocenters. The summed E-state index contributed by atoms with van der Waals surface area (Å²) in [4.78, 5) is 0.0895. The minimum absolute atomic E-state index is 0.0895. The Morgan fingerprint density at radius 1 is 1.29 bits per heavy atom. The third-order valence-corrected chi connectivity index (χ3v) is 3.45. The molecular formula is C13H11ClF2N4S. The van der Waals surface area contributed by atoms with E-state index in [1.807, 2.05) is 0 Å². The highest BCUT2D eigenvalue weighted by Crippen LogP contribution is 2.30. The number of aryl methyl sites for hydroxylation is 1. The Kier molecular flexibility index (Phi) is 4.34. The van der Waals surface area contributed by atoms with Gasteiger partial charge in [-0.1, -0.05) is 23.8 Å². The van der Waals surface area contributed by atoms with Gasteiger partial charge in [0, 0.05) is 6.07 Å². The zero-order valence-corrected chi connectivity index (χ0v) is 12.7. The number of rotatable bonds is 3. The van der Waals surface area contributed by atoms with Crippen LogP contribution in [0.1, 0.15) is 16.8 Å². The summed E-state index contributed by atoms with van der Waals surface area (Å²) < 4.78 is 26.9. The number of nitrogens with zero attached hydrogens (tertiary/aromatic N) is 2. The van der Waals surface area contributed by atoms with E-state index in [1.54, 1.807) is 13.8 Å². The molecule has 0 saturated heterocycles. The quantitative estimate of drug-likeness (QED) is 0.845. The predicted octanol–water partition coefficient (Wildman–Crippen LogP) is 3.40. The van der Waals surface area contributed by atoms with Crippen LogP contribution in [-0.2, 0) is 0 Å². The van der Waals surface area contributed by atoms with Crippen LogP contribution in [0.5, 0.6) is 0 Å². The van der Waals surface area contributed by atoms with Gasteiger partial charge in [-0.3, -0.25) is 0 Å². The molecule has 0 bridgehead atoms. The molecule has 110 valence electrons. The minimum Gasteiger partial charge on any atom is -0.389 e. The first kappa shape index (κ1) is 15.5. The van der Waals surface area contributed by atoms with E-state index >= 15 is 0 Å². The van der Waals surface area contributed by atoms with E-state index in [0.717, 1.165) is 11.6 Å². The summed E-state index contributed by atoms with van der Waals surface area (Å²) in [5.41, 5.74) is 7.37. The highest BCUT2D eigenvalue weighted by molar-refractivity contribution is 7.80. The number of hydrogen-bond donors (Lipinski definition) is 2. The van der Waals surface area contributed by atoms with Gasteiger partial charge in [0.05, 0.1) is 22.0 Å². The Morgan fingerprint density at radius 2 is 1.95 bits per heavy atom. The van der Waals surface area contributed by atoms with Crippen molar-refractivity contribution in [2.75, 3.05) is 5.32 Å². The monoisotopic (exact) mass is 328 g/mol. The van der Waals surface area contributed by atoms with Crippen molar-refractivity contribution in [1.82, 2.24) is 10.2 Å². The maximum atomic E-state index is 13.8. The van der Waals surface area contributed by atoms with Gasteiger partial charge < -0.3 is 11.1 Å². The molecule has 0 aliphatic rings. The number of halogens is 3. The predicted molar refractivity (Wildman–Crippen MR) is 82.0 cm³/mol. The molecule has 2 rings (SSSR count). The van der Waals surface area contributed by atoms with Gasteiger partial charge in [-0.15, -0.1) is 5.10 Å². The number of benzene rings is 1. The normalized spacial score (nSPS) is 10.5. The lowest BCUT2D eigenvalue weighted by atomic mass is 10.1. The fraction of sp³-hybridized carbons (Fsp3) is 0.154. The maximum absolute atomic E-state index is 13.8. The molecule has 0 fully saturated rings. The summed E-state index contributed by atoms with van der Waals surface area (Å²) in [5.74, 6) is -1.46. The molecule has 21 heavy (non-hydrogen) atoms. The minimum atomic E-state index is -0.853. The molecule has 0 unspecified atom stereocenters. The van der Waals surface area contributed by atoms with Crippen LogP contribution in [-0.4, -0.2) is 15.2 Å². The van der Waals surface area contributed by atoms with E-state index in [-0.39, 0.29) is 21.5 Å². The topological polar surface area (TPSA) is 63.8 Å². The third kappa shape index (κ3) is 3.08. The van der Waals surface area contributed by atoms with Crippen molar-refractivity contribution in [3.63, 3.8) is 0 Å². The van der Waals surface area contributed by atoms with Gasteiger partial charge in [0.1, 0.15) is 10.8 Å². The average Bonchev–Trinajstić information content (AvgIpc) is 2.37. The standard InChI is InChI=1S/C13H11ClF2N4S/c1-5-6(2)19-20-13(10(5)12(17)21)18-11-8(14)3-7(15)4-9(11)16/h3-4H,1-2H3,(H2,17,21)(H,18,20). The van der Waals surface area contributed by atoms with Crippen LogP contribution in [0.15, 0.2) is 12.1 Å². The second kappa shape index (κ2) is 5.87. The Labute approximate surface area is 130 Å². The van der Waals surface area contributed by atoms with Crippen molar-refractivity contribution in [3.05, 3.63) is 45.6 Å². The van der Waals surface area contributed by atoms with Crippen LogP contribution in [0.4, 0.5) is 20.3 Å². The smallest absolute Gasteiger partial charge is 0.163 e. The summed E-state index contributed by atoms with van der Waals surface area (Å²) in [7, 11) is 0. The van der Waals surface area contributed by atoms with Crippen molar-refractivity contribution in [2.45, 2.75) is 13.8 Å². The molecule has 3 N–H and O–H groups in total. The van der Waals surface area contributed by atoms with Crippen LogP contribution in [0.3, 0.4) is 0 Å². The van der Waals surface area contributed by atoms with E-state index in [2.05, 4.69) is 15.5 Å². The summed E-state index contributed by atoms with van der Waals surface area (Å²) in [5, 5.41) is 10.4. The molecule has 0 aliphatic carbocycles. The molecule has 0 amide bonds. The first-order chi connectivity index (χ1) is 9.81. The Bertz CT molecular complexity index is 713. The molecule has 1 aromatic heterocycles. The van der Waals surface area contributed by atoms with E-state index in [9.17, 15) is 8.78 Å². The van der Waals surface area contributed by atoms with Crippen LogP contribution < -0.4 is 11.1 Å². The number of nitrogens with two attached hydrogens (primary N) is 1. The highest BCUT2D eigenvalue weighted by Gasteiger charge is 2.17. The maximum Gasteiger partial charge on any atom is 0.163 e. The number of thiocarbonyl (C=S) groups is 1. The van der Waals surface area contributed by atoms with E-state index < -0.39 is 11.6 Å². The number of anilines is 2. The molecule has 2 aromatic rings. The summed E-state index contributed by atoms with van der Waals surface area (Å²) in [6, 6.07) is 1.70. The second-order valence-corrected chi connectivity index (χ2v) is 5.21. The van der Waals surface area contributed by atoms with Crippen LogP contribution in [0.25, 0.3) is 0 Å². The lowest BCUT2D eigenvalue weighted by Gasteiger charge is -2.14. The first-order valence-electron chi connectivity index (χ1n) is 5.86. The van der Waals surface area contributed by atoms with E-state index in [0.29, 0.717) is 17.3 Å². The number of aromatic nitrogens is 2. The zero-order valence-electron chi connectivity index (χ0n) is 11.2.